The molecule has 1 atom stereocenters. The minimum absolute atomic E-state index is 0.194. The molecule has 1 fully saturated rings. The molecule has 0 aromatic heterocycles. The van der Waals surface area contributed by atoms with Crippen LogP contribution < -0.4 is 10.2 Å². The van der Waals surface area contributed by atoms with Gasteiger partial charge >= 0.3 is 0 Å². The number of benzene rings is 2. The third-order valence-electron chi connectivity index (χ3n) is 6.19. The van der Waals surface area contributed by atoms with Gasteiger partial charge in [-0.15, -0.1) is 0 Å². The Balaban J connectivity index is 1.82. The van der Waals surface area contributed by atoms with Crippen LogP contribution in [0.4, 0.5) is 10.5 Å². The Labute approximate surface area is 173 Å². The summed E-state index contributed by atoms with van der Waals surface area (Å²) < 4.78 is 0. The molecule has 146 valence electrons. The van der Waals surface area contributed by atoms with Gasteiger partial charge in [-0.3, -0.25) is 19.7 Å². The average molecular weight is 404 g/mol. The first-order valence-corrected chi connectivity index (χ1v) is 10.4. The molecule has 6 heteroatoms. The lowest BCUT2D eigenvalue weighted by atomic mass is 9.65. The molecular formula is C23H20N2O3S. The molecule has 3 heterocycles. The van der Waals surface area contributed by atoms with Crippen molar-refractivity contribution in [3.8, 4) is 0 Å². The van der Waals surface area contributed by atoms with Crippen LogP contribution in [0.15, 0.2) is 53.4 Å². The molecule has 0 spiro atoms. The van der Waals surface area contributed by atoms with Crippen molar-refractivity contribution >= 4 is 40.1 Å². The molecule has 2 aromatic rings. The Bertz CT molecular complexity index is 1140. The minimum Gasteiger partial charge on any atom is -0.302 e. The standard InChI is InChI=1S/C23H20N2O3S/c1-22(2)12-23(3,13-8-5-4-6-9-13)15-11-7-10-14-16(20(27)25(22)17(14)15)18-19(26)24-21(28)29-18/h4-11H,12H2,1-3H3,(H,24,26,28)/b18-16-/t23-/m0/s1. The summed E-state index contributed by atoms with van der Waals surface area (Å²) in [6.07, 6.45) is 0.743. The number of carbonyl (C=O) groups is 3. The van der Waals surface area contributed by atoms with Gasteiger partial charge in [-0.05, 0) is 43.2 Å². The van der Waals surface area contributed by atoms with E-state index in [1.165, 1.54) is 5.56 Å². The lowest BCUT2D eigenvalue weighted by molar-refractivity contribution is -0.116. The maximum atomic E-state index is 13.5. The minimum atomic E-state index is -0.496. The Hall–Kier alpha value is -2.86. The summed E-state index contributed by atoms with van der Waals surface area (Å²) in [6.45, 7) is 6.34. The van der Waals surface area contributed by atoms with Crippen molar-refractivity contribution in [1.82, 2.24) is 5.32 Å². The summed E-state index contributed by atoms with van der Waals surface area (Å²) in [5.74, 6) is -0.704. The smallest absolute Gasteiger partial charge is 0.290 e. The van der Waals surface area contributed by atoms with E-state index in [9.17, 15) is 14.4 Å². The maximum Gasteiger partial charge on any atom is 0.290 e. The second-order valence-corrected chi connectivity index (χ2v) is 9.56. The summed E-state index contributed by atoms with van der Waals surface area (Å²) in [4.78, 5) is 39.7. The number of imide groups is 1. The predicted molar refractivity (Wildman–Crippen MR) is 114 cm³/mol. The van der Waals surface area contributed by atoms with Crippen molar-refractivity contribution < 1.29 is 14.4 Å². The van der Waals surface area contributed by atoms with Crippen molar-refractivity contribution in [1.29, 1.82) is 0 Å². The third-order valence-corrected chi connectivity index (χ3v) is 7.07. The highest BCUT2D eigenvalue weighted by molar-refractivity contribution is 8.18. The lowest BCUT2D eigenvalue weighted by Crippen LogP contribution is -2.54. The molecule has 0 unspecified atom stereocenters. The van der Waals surface area contributed by atoms with Crippen LogP contribution in [-0.2, 0) is 15.0 Å². The van der Waals surface area contributed by atoms with Crippen LogP contribution in [0, 0.1) is 0 Å². The fourth-order valence-corrected chi connectivity index (χ4v) is 5.91. The van der Waals surface area contributed by atoms with E-state index >= 15 is 0 Å². The van der Waals surface area contributed by atoms with E-state index in [4.69, 9.17) is 0 Å². The topological polar surface area (TPSA) is 66.5 Å². The summed E-state index contributed by atoms with van der Waals surface area (Å²) in [5.41, 5.74) is 3.44. The lowest BCUT2D eigenvalue weighted by Gasteiger charge is -2.49. The van der Waals surface area contributed by atoms with Gasteiger partial charge in [-0.25, -0.2) is 0 Å². The van der Waals surface area contributed by atoms with Crippen molar-refractivity contribution in [2.75, 3.05) is 4.90 Å². The zero-order valence-electron chi connectivity index (χ0n) is 16.4. The number of para-hydroxylation sites is 1. The van der Waals surface area contributed by atoms with E-state index in [2.05, 4.69) is 44.3 Å². The number of thioether (sulfide) groups is 1. The molecule has 0 bridgehead atoms. The zero-order valence-corrected chi connectivity index (χ0v) is 17.2. The molecule has 5 nitrogen and oxygen atoms in total. The number of carbonyl (C=O) groups excluding carboxylic acids is 3. The van der Waals surface area contributed by atoms with E-state index in [1.807, 2.05) is 35.2 Å². The Morgan fingerprint density at radius 1 is 0.966 bits per heavy atom. The number of hydrogen-bond acceptors (Lipinski definition) is 4. The monoisotopic (exact) mass is 404 g/mol. The summed E-state index contributed by atoms with van der Waals surface area (Å²) in [7, 11) is 0. The number of nitrogens with zero attached hydrogens (tertiary/aromatic N) is 1. The van der Waals surface area contributed by atoms with E-state index < -0.39 is 16.7 Å². The van der Waals surface area contributed by atoms with E-state index in [1.54, 1.807) is 0 Å². The van der Waals surface area contributed by atoms with E-state index in [0.717, 1.165) is 35.0 Å². The maximum absolute atomic E-state index is 13.5. The van der Waals surface area contributed by atoms with Crippen LogP contribution in [0.25, 0.3) is 5.57 Å². The zero-order chi connectivity index (χ0) is 20.6. The number of rotatable bonds is 1. The number of anilines is 1. The Morgan fingerprint density at radius 3 is 2.34 bits per heavy atom. The Morgan fingerprint density at radius 2 is 1.69 bits per heavy atom. The normalized spacial score (nSPS) is 27.3. The van der Waals surface area contributed by atoms with Crippen LogP contribution in [0.5, 0.6) is 0 Å². The molecule has 1 N–H and O–H groups in total. The number of amides is 3. The molecule has 1 saturated heterocycles. The van der Waals surface area contributed by atoms with Gasteiger partial charge < -0.3 is 4.90 Å². The molecule has 0 aliphatic carbocycles. The summed E-state index contributed by atoms with van der Waals surface area (Å²) in [5, 5.41) is 1.84. The fraction of sp³-hybridized carbons (Fsp3) is 0.261. The molecule has 3 amide bonds. The van der Waals surface area contributed by atoms with Crippen LogP contribution >= 0.6 is 11.8 Å². The first-order chi connectivity index (χ1) is 13.7. The molecule has 2 aromatic carbocycles. The van der Waals surface area contributed by atoms with Gasteiger partial charge in [0.05, 0.1) is 16.2 Å². The quantitative estimate of drug-likeness (QED) is 0.723. The highest BCUT2D eigenvalue weighted by atomic mass is 32.2. The highest BCUT2D eigenvalue weighted by Crippen LogP contribution is 2.57. The van der Waals surface area contributed by atoms with Gasteiger partial charge in [0.15, 0.2) is 0 Å². The molecule has 5 rings (SSSR count). The van der Waals surface area contributed by atoms with Gasteiger partial charge in [-0.2, -0.15) is 0 Å². The molecule has 29 heavy (non-hydrogen) atoms. The first kappa shape index (κ1) is 18.2. The van der Waals surface area contributed by atoms with Gasteiger partial charge in [-0.1, -0.05) is 55.5 Å². The average Bonchev–Trinajstić information content (AvgIpc) is 3.16. The van der Waals surface area contributed by atoms with E-state index in [0.29, 0.717) is 5.57 Å². The van der Waals surface area contributed by atoms with Crippen molar-refractivity contribution in [2.24, 2.45) is 0 Å². The molecule has 3 aliphatic heterocycles. The van der Waals surface area contributed by atoms with Gasteiger partial charge in [0.25, 0.3) is 17.1 Å². The highest BCUT2D eigenvalue weighted by Gasteiger charge is 2.53. The van der Waals surface area contributed by atoms with Gasteiger partial charge in [0.2, 0.25) is 0 Å². The third kappa shape index (κ3) is 2.38. The van der Waals surface area contributed by atoms with Crippen molar-refractivity contribution in [3.05, 3.63) is 70.1 Å². The molecule has 0 radical (unpaired) electrons. The SMILES string of the molecule is CC1(C)C[C@@](C)(c2ccccc2)c2cccc3c2N1C(=O)/C3=C1\SC(=O)NC1=O. The van der Waals surface area contributed by atoms with Crippen molar-refractivity contribution in [2.45, 2.75) is 38.1 Å². The van der Waals surface area contributed by atoms with Crippen LogP contribution in [0.2, 0.25) is 0 Å². The molecule has 0 saturated carbocycles. The summed E-state index contributed by atoms with van der Waals surface area (Å²) in [6, 6.07) is 16.2. The van der Waals surface area contributed by atoms with Gasteiger partial charge in [0, 0.05) is 16.5 Å². The van der Waals surface area contributed by atoms with Crippen LogP contribution in [0.1, 0.15) is 43.9 Å². The van der Waals surface area contributed by atoms with Crippen LogP contribution in [0.3, 0.4) is 0 Å². The largest absolute Gasteiger partial charge is 0.302 e. The number of hydrogen-bond donors (Lipinski definition) is 1. The van der Waals surface area contributed by atoms with Crippen molar-refractivity contribution in [3.63, 3.8) is 0 Å². The first-order valence-electron chi connectivity index (χ1n) is 9.55. The summed E-state index contributed by atoms with van der Waals surface area (Å²) >= 11 is 0.806. The van der Waals surface area contributed by atoms with Crippen LogP contribution in [-0.4, -0.2) is 22.6 Å². The predicted octanol–water partition coefficient (Wildman–Crippen LogP) is 4.22. The molecule has 3 aliphatic rings. The van der Waals surface area contributed by atoms with E-state index in [-0.39, 0.29) is 16.2 Å². The number of nitrogens with one attached hydrogen (secondary N) is 1. The Kier molecular flexibility index (Phi) is 3.65. The second kappa shape index (κ2) is 5.83. The van der Waals surface area contributed by atoms with Gasteiger partial charge in [0.1, 0.15) is 0 Å². The fourth-order valence-electron chi connectivity index (χ4n) is 5.14. The molecular weight excluding hydrogens is 384 g/mol. The second-order valence-electron chi connectivity index (χ2n) is 8.58.